The van der Waals surface area contributed by atoms with E-state index in [0.29, 0.717) is 5.56 Å². The minimum atomic E-state index is -2.58. The quantitative estimate of drug-likeness (QED) is 0.362. The van der Waals surface area contributed by atoms with E-state index in [4.69, 9.17) is 5.26 Å². The Balaban J connectivity index is 1.46. The highest BCUT2D eigenvalue weighted by molar-refractivity contribution is 5.45. The standard InChI is InChI=1S/C29H28F3N5O2/c30-25-11-20(4-1-19-2-5-21(6-3-19)16-37-10-9-22(13-33)17-37)7-8-24(25)23(14-34-15-27(31)32)12-26-28(38)29(39)36-18-35-26/h2-3,5-8,11,18,22-23,27,34,38H,9-10,12,14-17H2,(H,35,36,39)/t22-,23+/m0/s1. The molecule has 2 aromatic carbocycles. The highest BCUT2D eigenvalue weighted by Crippen LogP contribution is 2.25. The van der Waals surface area contributed by atoms with E-state index in [0.717, 1.165) is 43.5 Å². The van der Waals surface area contributed by atoms with Gasteiger partial charge in [0.15, 0.2) is 0 Å². The first-order valence-electron chi connectivity index (χ1n) is 12.6. The predicted octanol–water partition coefficient (Wildman–Crippen LogP) is 3.54. The molecule has 2 atom stereocenters. The van der Waals surface area contributed by atoms with Crippen molar-refractivity contribution in [1.82, 2.24) is 20.2 Å². The summed E-state index contributed by atoms with van der Waals surface area (Å²) in [4.78, 5) is 20.2. The molecule has 1 aliphatic heterocycles. The molecule has 10 heteroatoms. The van der Waals surface area contributed by atoms with Gasteiger partial charge in [0.1, 0.15) is 5.82 Å². The van der Waals surface area contributed by atoms with Crippen LogP contribution in [-0.4, -0.2) is 52.6 Å². The van der Waals surface area contributed by atoms with Gasteiger partial charge in [-0.25, -0.2) is 18.2 Å². The summed E-state index contributed by atoms with van der Waals surface area (Å²) in [6, 6.07) is 14.6. The van der Waals surface area contributed by atoms with Crippen LogP contribution in [0.3, 0.4) is 0 Å². The molecule has 4 rings (SSSR count). The van der Waals surface area contributed by atoms with Crippen LogP contribution in [0, 0.1) is 34.9 Å². The van der Waals surface area contributed by atoms with Crippen molar-refractivity contribution in [2.75, 3.05) is 26.2 Å². The highest BCUT2D eigenvalue weighted by Gasteiger charge is 2.22. The number of nitriles is 1. The topological polar surface area (TPSA) is 105 Å². The molecule has 202 valence electrons. The van der Waals surface area contributed by atoms with Gasteiger partial charge in [-0.1, -0.05) is 30.0 Å². The maximum absolute atomic E-state index is 15.2. The van der Waals surface area contributed by atoms with E-state index in [1.165, 1.54) is 12.1 Å². The van der Waals surface area contributed by atoms with Gasteiger partial charge in [-0.05, 0) is 48.4 Å². The number of aromatic nitrogens is 2. The maximum Gasteiger partial charge on any atom is 0.293 e. The lowest BCUT2D eigenvalue weighted by molar-refractivity contribution is 0.145. The second kappa shape index (κ2) is 13.1. The van der Waals surface area contributed by atoms with Gasteiger partial charge < -0.3 is 15.4 Å². The Kier molecular flexibility index (Phi) is 9.37. The monoisotopic (exact) mass is 535 g/mol. The van der Waals surface area contributed by atoms with Crippen LogP contribution >= 0.6 is 0 Å². The number of aromatic hydroxyl groups is 1. The van der Waals surface area contributed by atoms with E-state index >= 15 is 4.39 Å². The Labute approximate surface area is 224 Å². The number of nitrogens with one attached hydrogen (secondary N) is 2. The van der Waals surface area contributed by atoms with Gasteiger partial charge in [-0.15, -0.1) is 0 Å². The summed E-state index contributed by atoms with van der Waals surface area (Å²) in [5.74, 6) is 4.24. The van der Waals surface area contributed by atoms with E-state index in [1.54, 1.807) is 6.07 Å². The first-order valence-corrected chi connectivity index (χ1v) is 12.6. The van der Waals surface area contributed by atoms with Crippen molar-refractivity contribution in [2.45, 2.75) is 31.7 Å². The molecular formula is C29H28F3N5O2. The maximum atomic E-state index is 15.2. The molecule has 1 aromatic heterocycles. The van der Waals surface area contributed by atoms with Gasteiger partial charge in [0.05, 0.1) is 30.6 Å². The zero-order valence-corrected chi connectivity index (χ0v) is 21.1. The molecule has 39 heavy (non-hydrogen) atoms. The van der Waals surface area contributed by atoms with Crippen molar-refractivity contribution in [3.05, 3.63) is 92.9 Å². The van der Waals surface area contributed by atoms with E-state index in [1.807, 2.05) is 24.3 Å². The minimum absolute atomic E-state index is 0.0127. The Morgan fingerprint density at radius 1 is 1.15 bits per heavy atom. The van der Waals surface area contributed by atoms with Crippen molar-refractivity contribution in [3.63, 3.8) is 0 Å². The summed E-state index contributed by atoms with van der Waals surface area (Å²) in [6.07, 6.45) is -0.591. The molecule has 2 heterocycles. The van der Waals surface area contributed by atoms with Crippen LogP contribution in [0.5, 0.6) is 5.75 Å². The number of alkyl halides is 2. The third-order valence-corrected chi connectivity index (χ3v) is 6.64. The number of halogens is 3. The molecular weight excluding hydrogens is 507 g/mol. The normalized spacial score (nSPS) is 16.0. The van der Waals surface area contributed by atoms with Gasteiger partial charge in [0.25, 0.3) is 12.0 Å². The first-order chi connectivity index (χ1) is 18.8. The van der Waals surface area contributed by atoms with Crippen molar-refractivity contribution < 1.29 is 18.3 Å². The smallest absolute Gasteiger partial charge is 0.293 e. The van der Waals surface area contributed by atoms with E-state index in [-0.39, 0.29) is 30.1 Å². The second-order valence-electron chi connectivity index (χ2n) is 9.51. The third kappa shape index (κ3) is 7.70. The van der Waals surface area contributed by atoms with E-state index in [9.17, 15) is 18.7 Å². The molecule has 7 nitrogen and oxygen atoms in total. The van der Waals surface area contributed by atoms with Crippen molar-refractivity contribution in [3.8, 4) is 23.7 Å². The summed E-state index contributed by atoms with van der Waals surface area (Å²) in [7, 11) is 0. The number of nitrogens with zero attached hydrogens (tertiary/aromatic N) is 3. The van der Waals surface area contributed by atoms with Crippen LogP contribution in [-0.2, 0) is 13.0 Å². The molecule has 0 unspecified atom stereocenters. The average molecular weight is 536 g/mol. The Bertz CT molecular complexity index is 1440. The fraction of sp³-hybridized carbons (Fsp3) is 0.345. The van der Waals surface area contributed by atoms with Gasteiger partial charge in [0, 0.05) is 43.1 Å². The molecule has 3 N–H and O–H groups in total. The molecule has 0 radical (unpaired) electrons. The lowest BCUT2D eigenvalue weighted by Crippen LogP contribution is -2.28. The second-order valence-corrected chi connectivity index (χ2v) is 9.51. The summed E-state index contributed by atoms with van der Waals surface area (Å²) in [5.41, 5.74) is 1.88. The number of hydrogen-bond donors (Lipinski definition) is 3. The Morgan fingerprint density at radius 2 is 1.90 bits per heavy atom. The van der Waals surface area contributed by atoms with Crippen molar-refractivity contribution >= 4 is 0 Å². The van der Waals surface area contributed by atoms with Crippen molar-refractivity contribution in [1.29, 1.82) is 5.26 Å². The predicted molar refractivity (Wildman–Crippen MR) is 140 cm³/mol. The fourth-order valence-corrected chi connectivity index (χ4v) is 4.58. The molecule has 0 aliphatic carbocycles. The average Bonchev–Trinajstić information content (AvgIpc) is 3.38. The highest BCUT2D eigenvalue weighted by atomic mass is 19.3. The lowest BCUT2D eigenvalue weighted by Gasteiger charge is -2.19. The molecule has 1 fully saturated rings. The van der Waals surface area contributed by atoms with Crippen LogP contribution in [0.1, 0.15) is 40.3 Å². The molecule has 3 aromatic rings. The zero-order valence-electron chi connectivity index (χ0n) is 21.1. The molecule has 0 spiro atoms. The van der Waals surface area contributed by atoms with E-state index in [2.05, 4.69) is 38.1 Å². The number of H-pyrrole nitrogens is 1. The number of aromatic amines is 1. The molecule has 1 saturated heterocycles. The summed E-state index contributed by atoms with van der Waals surface area (Å²) >= 11 is 0. The van der Waals surface area contributed by atoms with Crippen LogP contribution in [0.15, 0.2) is 53.6 Å². The van der Waals surface area contributed by atoms with Gasteiger partial charge in [-0.3, -0.25) is 9.69 Å². The van der Waals surface area contributed by atoms with Crippen LogP contribution in [0.4, 0.5) is 13.2 Å². The largest absolute Gasteiger partial charge is 0.502 e. The number of hydrogen-bond acceptors (Lipinski definition) is 6. The Hall–Kier alpha value is -4.12. The molecule has 0 bridgehead atoms. The van der Waals surface area contributed by atoms with Gasteiger partial charge >= 0.3 is 0 Å². The third-order valence-electron chi connectivity index (χ3n) is 6.64. The Morgan fingerprint density at radius 3 is 2.59 bits per heavy atom. The number of benzene rings is 2. The van der Waals surface area contributed by atoms with E-state index < -0.39 is 36.0 Å². The molecule has 0 saturated carbocycles. The SMILES string of the molecule is N#C[C@@H]1CCN(Cc2ccc(C#Cc3ccc([C@@H](CNCC(F)F)Cc4nc[nH]c(=O)c4O)c(F)c3)cc2)C1. The molecule has 0 amide bonds. The van der Waals surface area contributed by atoms with Crippen LogP contribution in [0.2, 0.25) is 0 Å². The number of rotatable bonds is 9. The fourth-order valence-electron chi connectivity index (χ4n) is 4.58. The number of likely N-dealkylation sites (tertiary alicyclic amines) is 1. The van der Waals surface area contributed by atoms with Crippen LogP contribution in [0.25, 0.3) is 0 Å². The van der Waals surface area contributed by atoms with Gasteiger partial charge in [0.2, 0.25) is 5.75 Å². The molecule has 1 aliphatic rings. The first kappa shape index (κ1) is 27.9. The zero-order chi connectivity index (χ0) is 27.8. The van der Waals surface area contributed by atoms with Gasteiger partial charge in [-0.2, -0.15) is 5.26 Å². The van der Waals surface area contributed by atoms with Crippen LogP contribution < -0.4 is 10.9 Å². The van der Waals surface area contributed by atoms with Crippen molar-refractivity contribution in [2.24, 2.45) is 5.92 Å². The lowest BCUT2D eigenvalue weighted by atomic mass is 9.92. The summed E-state index contributed by atoms with van der Waals surface area (Å²) in [6.45, 7) is 1.88. The summed E-state index contributed by atoms with van der Waals surface area (Å²) in [5, 5.41) is 21.7. The minimum Gasteiger partial charge on any atom is -0.502 e. The summed E-state index contributed by atoms with van der Waals surface area (Å²) < 4.78 is 40.5.